The van der Waals surface area contributed by atoms with Gasteiger partial charge in [-0.15, -0.1) is 6.58 Å². The number of anilines is 2. The predicted octanol–water partition coefficient (Wildman–Crippen LogP) is 11.5. The summed E-state index contributed by atoms with van der Waals surface area (Å²) in [6, 6.07) is 29.6. The highest BCUT2D eigenvalue weighted by Crippen LogP contribution is 2.32. The van der Waals surface area contributed by atoms with Gasteiger partial charge in [0.1, 0.15) is 5.82 Å². The van der Waals surface area contributed by atoms with Gasteiger partial charge in [-0.3, -0.25) is 0 Å². The van der Waals surface area contributed by atoms with Crippen LogP contribution in [0.4, 0.5) is 15.8 Å². The van der Waals surface area contributed by atoms with Gasteiger partial charge in [0.15, 0.2) is 0 Å². The molecular formula is C40H52FN. The van der Waals surface area contributed by atoms with Gasteiger partial charge < -0.3 is 5.32 Å². The average molecular weight is 566 g/mol. The summed E-state index contributed by atoms with van der Waals surface area (Å²) in [6.07, 6.45) is 6.17. The maximum absolute atomic E-state index is 14.5. The van der Waals surface area contributed by atoms with Gasteiger partial charge in [-0.25, -0.2) is 4.39 Å². The summed E-state index contributed by atoms with van der Waals surface area (Å²) >= 11 is 0. The monoisotopic (exact) mass is 565 g/mol. The quantitative estimate of drug-likeness (QED) is 0.199. The van der Waals surface area contributed by atoms with Crippen molar-refractivity contribution in [3.05, 3.63) is 142 Å². The standard InChI is InChI=1S/C35H40FN.C3H6.C2H6/c1-6-28-20-21-30(35(3,4)5)24-34(28)37-33-23-27(17-22-31-25(2)11-10-14-32(31)36)16-19-29(33)18-15-26-12-8-7-9-13-26;1-3-2;1-2/h7-14,16,19-21,23-24,37H,6,15,17-18,22H2,1-5H3;3H,1H2,2H3;1-2H3. The van der Waals surface area contributed by atoms with Crippen LogP contribution in [0, 0.1) is 12.7 Å². The zero-order chi connectivity index (χ0) is 31.1. The fraction of sp³-hybridized carbons (Fsp3) is 0.350. The van der Waals surface area contributed by atoms with Crippen LogP contribution < -0.4 is 5.32 Å². The van der Waals surface area contributed by atoms with Crippen molar-refractivity contribution in [3.8, 4) is 0 Å². The SMILES string of the molecule is C=CC.CC.CCc1ccc(C(C)(C)C)cc1Nc1cc(CCc2c(C)cccc2F)ccc1CCc1ccccc1. The molecule has 0 atom stereocenters. The minimum atomic E-state index is -0.107. The second-order valence-corrected chi connectivity index (χ2v) is 11.5. The van der Waals surface area contributed by atoms with E-state index in [1.807, 2.05) is 33.8 Å². The molecule has 0 saturated heterocycles. The molecule has 0 radical (unpaired) electrons. The van der Waals surface area contributed by atoms with Crippen LogP contribution >= 0.6 is 0 Å². The van der Waals surface area contributed by atoms with E-state index in [4.69, 9.17) is 0 Å². The molecule has 0 aliphatic rings. The lowest BCUT2D eigenvalue weighted by molar-refractivity contribution is 0.590. The molecule has 0 aliphatic heterocycles. The van der Waals surface area contributed by atoms with Crippen molar-refractivity contribution in [1.82, 2.24) is 0 Å². The highest BCUT2D eigenvalue weighted by atomic mass is 19.1. The lowest BCUT2D eigenvalue weighted by Gasteiger charge is -2.23. The fourth-order valence-electron chi connectivity index (χ4n) is 4.90. The molecule has 42 heavy (non-hydrogen) atoms. The Labute approximate surface area is 255 Å². The molecule has 1 nitrogen and oxygen atoms in total. The Bertz CT molecular complexity index is 1360. The smallest absolute Gasteiger partial charge is 0.126 e. The maximum atomic E-state index is 14.5. The molecule has 2 heteroatoms. The van der Waals surface area contributed by atoms with Crippen LogP contribution in [0.25, 0.3) is 0 Å². The summed E-state index contributed by atoms with van der Waals surface area (Å²) in [5.74, 6) is -0.107. The Morgan fingerprint density at radius 3 is 1.98 bits per heavy atom. The van der Waals surface area contributed by atoms with Crippen molar-refractivity contribution in [2.75, 3.05) is 5.32 Å². The lowest BCUT2D eigenvalue weighted by atomic mass is 9.86. The van der Waals surface area contributed by atoms with Crippen LogP contribution in [0.15, 0.2) is 97.6 Å². The van der Waals surface area contributed by atoms with Gasteiger partial charge in [-0.2, -0.15) is 0 Å². The van der Waals surface area contributed by atoms with E-state index in [2.05, 4.69) is 106 Å². The molecule has 1 N–H and O–H groups in total. The van der Waals surface area contributed by atoms with Crippen LogP contribution in [0.1, 0.15) is 87.4 Å². The van der Waals surface area contributed by atoms with Crippen LogP contribution in [-0.2, 0) is 37.5 Å². The van der Waals surface area contributed by atoms with Crippen molar-refractivity contribution < 1.29 is 4.39 Å². The van der Waals surface area contributed by atoms with Gasteiger partial charge in [-0.05, 0) is 109 Å². The zero-order valence-corrected chi connectivity index (χ0v) is 27.3. The first-order chi connectivity index (χ1) is 20.2. The Balaban J connectivity index is 0.00000116. The van der Waals surface area contributed by atoms with Gasteiger partial charge >= 0.3 is 0 Å². The topological polar surface area (TPSA) is 12.0 Å². The third-order valence-electron chi connectivity index (χ3n) is 7.34. The third kappa shape index (κ3) is 10.3. The molecule has 0 fully saturated rings. The lowest BCUT2D eigenvalue weighted by Crippen LogP contribution is -2.12. The minimum absolute atomic E-state index is 0.0817. The van der Waals surface area contributed by atoms with Crippen molar-refractivity contribution in [1.29, 1.82) is 0 Å². The summed E-state index contributed by atoms with van der Waals surface area (Å²) in [5.41, 5.74) is 10.8. The predicted molar refractivity (Wildman–Crippen MR) is 184 cm³/mol. The van der Waals surface area contributed by atoms with E-state index in [0.29, 0.717) is 6.42 Å². The van der Waals surface area contributed by atoms with E-state index < -0.39 is 0 Å². The summed E-state index contributed by atoms with van der Waals surface area (Å²) in [6.45, 7) is 20.2. The molecular weight excluding hydrogens is 513 g/mol. The van der Waals surface area contributed by atoms with E-state index in [9.17, 15) is 4.39 Å². The molecule has 4 aromatic carbocycles. The minimum Gasteiger partial charge on any atom is -0.355 e. The number of nitrogens with one attached hydrogen (secondary N) is 1. The first-order valence-corrected chi connectivity index (χ1v) is 15.5. The van der Waals surface area contributed by atoms with Crippen molar-refractivity contribution in [3.63, 3.8) is 0 Å². The average Bonchev–Trinajstić information content (AvgIpc) is 2.98. The van der Waals surface area contributed by atoms with Crippen LogP contribution in [0.5, 0.6) is 0 Å². The van der Waals surface area contributed by atoms with Gasteiger partial charge in [0, 0.05) is 11.4 Å². The molecule has 0 bridgehead atoms. The second kappa shape index (κ2) is 17.3. The van der Waals surface area contributed by atoms with Crippen LogP contribution in [0.2, 0.25) is 0 Å². The van der Waals surface area contributed by atoms with E-state index in [1.165, 1.54) is 33.5 Å². The highest BCUT2D eigenvalue weighted by Gasteiger charge is 2.16. The number of halogens is 1. The van der Waals surface area contributed by atoms with Gasteiger partial charge in [0.05, 0.1) is 0 Å². The Hall–Kier alpha value is -3.65. The molecule has 0 spiro atoms. The highest BCUT2D eigenvalue weighted by molar-refractivity contribution is 5.68. The number of allylic oxidation sites excluding steroid dienone is 1. The fourth-order valence-corrected chi connectivity index (χ4v) is 4.90. The van der Waals surface area contributed by atoms with Crippen LogP contribution in [-0.4, -0.2) is 0 Å². The number of aryl methyl sites for hydroxylation is 5. The van der Waals surface area contributed by atoms with Crippen molar-refractivity contribution in [2.45, 2.75) is 92.9 Å². The maximum Gasteiger partial charge on any atom is 0.126 e. The molecule has 0 unspecified atom stereocenters. The van der Waals surface area contributed by atoms with Gasteiger partial charge in [0.25, 0.3) is 0 Å². The first kappa shape index (κ1) is 34.6. The van der Waals surface area contributed by atoms with Crippen LogP contribution in [0.3, 0.4) is 0 Å². The van der Waals surface area contributed by atoms with Gasteiger partial charge in [-0.1, -0.05) is 114 Å². The molecule has 0 amide bonds. The molecule has 4 aromatic rings. The molecule has 0 aliphatic carbocycles. The van der Waals surface area contributed by atoms with E-state index in [0.717, 1.165) is 42.5 Å². The summed E-state index contributed by atoms with van der Waals surface area (Å²) in [4.78, 5) is 0. The molecule has 0 heterocycles. The number of benzene rings is 4. The Morgan fingerprint density at radius 2 is 1.36 bits per heavy atom. The Kier molecular flexibility index (Phi) is 14.3. The van der Waals surface area contributed by atoms with Crippen molar-refractivity contribution >= 4 is 11.4 Å². The summed E-state index contributed by atoms with van der Waals surface area (Å²) in [7, 11) is 0. The third-order valence-corrected chi connectivity index (χ3v) is 7.34. The van der Waals surface area contributed by atoms with E-state index >= 15 is 0 Å². The van der Waals surface area contributed by atoms with Crippen molar-refractivity contribution in [2.24, 2.45) is 0 Å². The van der Waals surface area contributed by atoms with Gasteiger partial charge in [0.2, 0.25) is 0 Å². The number of rotatable bonds is 9. The molecule has 0 aromatic heterocycles. The normalized spacial score (nSPS) is 10.6. The summed E-state index contributed by atoms with van der Waals surface area (Å²) < 4.78 is 14.5. The number of hydrogen-bond donors (Lipinski definition) is 1. The second-order valence-electron chi connectivity index (χ2n) is 11.5. The zero-order valence-electron chi connectivity index (χ0n) is 27.3. The Morgan fingerprint density at radius 1 is 0.738 bits per heavy atom. The largest absolute Gasteiger partial charge is 0.355 e. The molecule has 4 rings (SSSR count). The molecule has 224 valence electrons. The van der Waals surface area contributed by atoms with E-state index in [-0.39, 0.29) is 11.2 Å². The molecule has 0 saturated carbocycles. The number of hydrogen-bond acceptors (Lipinski definition) is 1. The first-order valence-electron chi connectivity index (χ1n) is 15.5. The summed E-state index contributed by atoms with van der Waals surface area (Å²) in [5, 5.41) is 3.83. The van der Waals surface area contributed by atoms with E-state index in [1.54, 1.807) is 18.2 Å².